The molecule has 3 saturated heterocycles. The Hall–Kier alpha value is -0.240. The average Bonchev–Trinajstić information content (AvgIpc) is 2.70. The molecule has 0 unspecified atom stereocenters. The second-order valence-corrected chi connectivity index (χ2v) is 5.99. The molecule has 104 valence electrons. The zero-order valence-corrected chi connectivity index (χ0v) is 11.1. The maximum absolute atomic E-state index is 9.78. The molecular weight excluding hydrogens is 240 g/mol. The Balaban J connectivity index is 1.95. The first-order valence-electron chi connectivity index (χ1n) is 6.24. The van der Waals surface area contributed by atoms with Crippen molar-refractivity contribution < 1.29 is 28.8 Å². The summed E-state index contributed by atoms with van der Waals surface area (Å²) in [7, 11) is 0. The van der Waals surface area contributed by atoms with E-state index in [-0.39, 0.29) is 12.7 Å². The van der Waals surface area contributed by atoms with E-state index in [1.54, 1.807) is 13.8 Å². The van der Waals surface area contributed by atoms with Crippen molar-refractivity contribution in [3.05, 3.63) is 0 Å². The van der Waals surface area contributed by atoms with Crippen LogP contribution in [0.4, 0.5) is 0 Å². The van der Waals surface area contributed by atoms with Crippen LogP contribution in [0.5, 0.6) is 0 Å². The van der Waals surface area contributed by atoms with Crippen LogP contribution in [0.2, 0.25) is 0 Å². The van der Waals surface area contributed by atoms with Gasteiger partial charge in [0.2, 0.25) is 0 Å². The summed E-state index contributed by atoms with van der Waals surface area (Å²) in [6, 6.07) is 0. The highest BCUT2D eigenvalue weighted by molar-refractivity contribution is 5.07. The van der Waals surface area contributed by atoms with Gasteiger partial charge in [0, 0.05) is 0 Å². The number of fused-ring (bicyclic) bond motifs is 3. The highest BCUT2D eigenvalue weighted by atomic mass is 16.9. The van der Waals surface area contributed by atoms with E-state index < -0.39 is 29.6 Å². The van der Waals surface area contributed by atoms with Gasteiger partial charge in [0.25, 0.3) is 0 Å². The Morgan fingerprint density at radius 2 is 1.78 bits per heavy atom. The van der Waals surface area contributed by atoms with E-state index in [4.69, 9.17) is 23.7 Å². The van der Waals surface area contributed by atoms with Crippen LogP contribution in [0.1, 0.15) is 27.7 Å². The molecule has 0 aromatic rings. The van der Waals surface area contributed by atoms with Gasteiger partial charge in [-0.2, -0.15) is 0 Å². The third kappa shape index (κ3) is 1.71. The zero-order valence-electron chi connectivity index (χ0n) is 11.1. The van der Waals surface area contributed by atoms with Crippen LogP contribution in [0.15, 0.2) is 0 Å². The predicted molar refractivity (Wildman–Crippen MR) is 59.6 cm³/mol. The van der Waals surface area contributed by atoms with Crippen LogP contribution in [-0.4, -0.2) is 54.0 Å². The molecule has 18 heavy (non-hydrogen) atoms. The summed E-state index contributed by atoms with van der Waals surface area (Å²) in [5.41, 5.74) is -1.01. The van der Waals surface area contributed by atoms with Crippen LogP contribution in [0, 0.1) is 0 Å². The lowest BCUT2D eigenvalue weighted by Gasteiger charge is -2.41. The van der Waals surface area contributed by atoms with E-state index in [0.29, 0.717) is 6.61 Å². The van der Waals surface area contributed by atoms with Gasteiger partial charge in [0.05, 0.1) is 13.2 Å². The summed E-state index contributed by atoms with van der Waals surface area (Å²) in [4.78, 5) is 0. The van der Waals surface area contributed by atoms with Crippen LogP contribution < -0.4 is 0 Å². The number of ether oxygens (including phenoxy) is 5. The lowest BCUT2D eigenvalue weighted by atomic mass is 9.90. The average molecular weight is 260 g/mol. The van der Waals surface area contributed by atoms with Gasteiger partial charge in [-0.3, -0.25) is 0 Å². The largest absolute Gasteiger partial charge is 0.393 e. The predicted octanol–water partition coefficient (Wildman–Crippen LogP) is 0.377. The quantitative estimate of drug-likeness (QED) is 0.735. The summed E-state index contributed by atoms with van der Waals surface area (Å²) in [6.07, 6.45) is -1.27. The molecule has 4 atom stereocenters. The van der Waals surface area contributed by atoms with Gasteiger partial charge in [-0.15, -0.1) is 0 Å². The molecule has 0 saturated carbocycles. The molecule has 3 aliphatic rings. The van der Waals surface area contributed by atoms with Gasteiger partial charge in [-0.25, -0.2) is 0 Å². The molecule has 3 heterocycles. The second-order valence-electron chi connectivity index (χ2n) is 5.99. The number of aliphatic hydroxyl groups excluding tert-OH is 1. The van der Waals surface area contributed by atoms with E-state index >= 15 is 0 Å². The summed E-state index contributed by atoms with van der Waals surface area (Å²) in [5, 5.41) is 9.78. The van der Waals surface area contributed by atoms with Crippen LogP contribution in [0.25, 0.3) is 0 Å². The van der Waals surface area contributed by atoms with Crippen molar-refractivity contribution in [3.63, 3.8) is 0 Å². The molecule has 1 N–H and O–H groups in total. The minimum atomic E-state index is -1.01. The number of hydrogen-bond donors (Lipinski definition) is 1. The molecule has 0 spiro atoms. The second kappa shape index (κ2) is 3.65. The molecule has 0 amide bonds. The van der Waals surface area contributed by atoms with Crippen molar-refractivity contribution in [2.24, 2.45) is 0 Å². The summed E-state index contributed by atoms with van der Waals surface area (Å²) < 4.78 is 28.9. The molecule has 3 fully saturated rings. The van der Waals surface area contributed by atoms with E-state index in [1.165, 1.54) is 0 Å². The van der Waals surface area contributed by atoms with Crippen molar-refractivity contribution in [2.75, 3.05) is 13.2 Å². The van der Waals surface area contributed by atoms with Crippen molar-refractivity contribution in [2.45, 2.75) is 63.4 Å². The first-order chi connectivity index (χ1) is 8.28. The Morgan fingerprint density at radius 1 is 1.06 bits per heavy atom. The molecule has 6 nitrogen and oxygen atoms in total. The summed E-state index contributed by atoms with van der Waals surface area (Å²) in [6.45, 7) is 7.41. The number of rotatable bonds is 1. The van der Waals surface area contributed by atoms with E-state index in [9.17, 15) is 5.11 Å². The Bertz CT molecular complexity index is 354. The molecule has 0 aromatic heterocycles. The van der Waals surface area contributed by atoms with Crippen molar-refractivity contribution in [1.29, 1.82) is 0 Å². The van der Waals surface area contributed by atoms with Gasteiger partial charge in [0.15, 0.2) is 23.5 Å². The zero-order chi connectivity index (χ0) is 13.2. The van der Waals surface area contributed by atoms with E-state index in [2.05, 4.69) is 0 Å². The standard InChI is InChI=1S/C12H20O6/c1-10(2)15-7-5-14-9-12(6-13,8(7)16-10)18-11(3,4)17-9/h7-9,13H,5-6H2,1-4H3/t7-,8+,9-,12+/m0/s1. The van der Waals surface area contributed by atoms with Gasteiger partial charge >= 0.3 is 0 Å². The summed E-state index contributed by atoms with van der Waals surface area (Å²) >= 11 is 0. The third-order valence-electron chi connectivity index (χ3n) is 3.55. The van der Waals surface area contributed by atoms with Crippen LogP contribution >= 0.6 is 0 Å². The Kier molecular flexibility index (Phi) is 2.59. The molecule has 0 aromatic carbocycles. The fraction of sp³-hybridized carbons (Fsp3) is 1.00. The topological polar surface area (TPSA) is 66.4 Å². The van der Waals surface area contributed by atoms with Crippen LogP contribution in [0.3, 0.4) is 0 Å². The molecule has 3 rings (SSSR count). The van der Waals surface area contributed by atoms with Gasteiger partial charge in [0.1, 0.15) is 12.2 Å². The minimum absolute atomic E-state index is 0.234. The van der Waals surface area contributed by atoms with Crippen molar-refractivity contribution in [3.8, 4) is 0 Å². The maximum atomic E-state index is 9.78. The number of hydrogen-bond acceptors (Lipinski definition) is 6. The van der Waals surface area contributed by atoms with Gasteiger partial charge < -0.3 is 28.8 Å². The summed E-state index contributed by atoms with van der Waals surface area (Å²) in [5.74, 6) is -1.51. The van der Waals surface area contributed by atoms with Crippen molar-refractivity contribution in [1.82, 2.24) is 0 Å². The molecule has 0 bridgehead atoms. The molecule has 6 heteroatoms. The van der Waals surface area contributed by atoms with Crippen LogP contribution in [-0.2, 0) is 23.7 Å². The van der Waals surface area contributed by atoms with Crippen molar-refractivity contribution >= 4 is 0 Å². The first-order valence-corrected chi connectivity index (χ1v) is 6.24. The lowest BCUT2D eigenvalue weighted by Crippen LogP contribution is -2.62. The molecule has 3 aliphatic heterocycles. The monoisotopic (exact) mass is 260 g/mol. The first kappa shape index (κ1) is 12.8. The smallest absolute Gasteiger partial charge is 0.195 e. The maximum Gasteiger partial charge on any atom is 0.195 e. The normalized spacial score (nSPS) is 48.8. The van der Waals surface area contributed by atoms with E-state index in [0.717, 1.165) is 0 Å². The van der Waals surface area contributed by atoms with Gasteiger partial charge in [-0.1, -0.05) is 0 Å². The highest BCUT2D eigenvalue weighted by Gasteiger charge is 2.67. The fourth-order valence-electron chi connectivity index (χ4n) is 3.01. The molecule has 0 radical (unpaired) electrons. The SMILES string of the molecule is CC1(C)O[C@H]2CO[C@H]3OC(C)(C)O[C@]3(CO)[C@@H]2O1. The Labute approximate surface area is 106 Å². The fourth-order valence-corrected chi connectivity index (χ4v) is 3.01. The Morgan fingerprint density at radius 3 is 2.44 bits per heavy atom. The lowest BCUT2D eigenvalue weighted by molar-refractivity contribution is -0.241. The molecule has 0 aliphatic carbocycles. The van der Waals surface area contributed by atoms with Gasteiger partial charge in [-0.05, 0) is 27.7 Å². The minimum Gasteiger partial charge on any atom is -0.393 e. The molecular formula is C12H20O6. The number of aliphatic hydroxyl groups is 1. The van der Waals surface area contributed by atoms with E-state index in [1.807, 2.05) is 13.8 Å². The third-order valence-corrected chi connectivity index (χ3v) is 3.55. The highest BCUT2D eigenvalue weighted by Crippen LogP contribution is 2.48.